The summed E-state index contributed by atoms with van der Waals surface area (Å²) in [4.78, 5) is 12.6. The first kappa shape index (κ1) is 38.6. The number of carbonyl (C=O) groups is 1. The minimum atomic E-state index is -3.57. The monoisotopic (exact) mass is 760 g/mol. The molecule has 1 heterocycles. The molecular formula is C50H49O5P. The molecule has 6 aromatic rings. The Labute approximate surface area is 331 Å². The van der Waals surface area contributed by atoms with Gasteiger partial charge in [0.15, 0.2) is 0 Å². The van der Waals surface area contributed by atoms with Gasteiger partial charge in [0.1, 0.15) is 40.9 Å². The third-order valence-electron chi connectivity index (χ3n) is 11.0. The summed E-state index contributed by atoms with van der Waals surface area (Å²) < 4.78 is 35.7. The summed E-state index contributed by atoms with van der Waals surface area (Å²) in [7, 11) is -3.57. The quantitative estimate of drug-likeness (QED) is 0.0433. The number of esters is 1. The van der Waals surface area contributed by atoms with Gasteiger partial charge in [-0.3, -0.25) is 0 Å². The number of ether oxygens (including phenoxy) is 3. The van der Waals surface area contributed by atoms with Crippen molar-refractivity contribution in [3.63, 3.8) is 0 Å². The van der Waals surface area contributed by atoms with Gasteiger partial charge in [-0.2, -0.15) is 0 Å². The van der Waals surface area contributed by atoms with Gasteiger partial charge in [0, 0.05) is 17.0 Å². The molecule has 2 atom stereocenters. The van der Waals surface area contributed by atoms with E-state index in [1.807, 2.05) is 66.7 Å². The summed E-state index contributed by atoms with van der Waals surface area (Å²) in [5.74, 6) is 2.11. The maximum atomic E-state index is 17.1. The number of fused-ring (bicyclic) bond motifs is 3. The van der Waals surface area contributed by atoms with Crippen LogP contribution in [0.5, 0.6) is 23.0 Å². The molecule has 0 aliphatic carbocycles. The first-order valence-corrected chi connectivity index (χ1v) is 21.1. The van der Waals surface area contributed by atoms with Gasteiger partial charge in [-0.1, -0.05) is 116 Å². The van der Waals surface area contributed by atoms with Crippen LogP contribution in [0.15, 0.2) is 146 Å². The second-order valence-electron chi connectivity index (χ2n) is 15.6. The summed E-state index contributed by atoms with van der Waals surface area (Å²) >= 11 is 0. The molecule has 284 valence electrons. The topological polar surface area (TPSA) is 61.8 Å². The van der Waals surface area contributed by atoms with Crippen LogP contribution in [-0.2, 0) is 20.7 Å². The Morgan fingerprint density at radius 1 is 0.696 bits per heavy atom. The highest BCUT2D eigenvalue weighted by molar-refractivity contribution is 7.73. The van der Waals surface area contributed by atoms with Crippen molar-refractivity contribution in [2.45, 2.75) is 71.8 Å². The minimum absolute atomic E-state index is 0.303. The van der Waals surface area contributed by atoms with Gasteiger partial charge in [0.25, 0.3) is 0 Å². The summed E-state index contributed by atoms with van der Waals surface area (Å²) in [5.41, 5.74) is 8.81. The molecule has 1 aliphatic rings. The predicted octanol–water partition coefficient (Wildman–Crippen LogP) is 12.6. The predicted molar refractivity (Wildman–Crippen MR) is 228 cm³/mol. The van der Waals surface area contributed by atoms with Crippen molar-refractivity contribution in [1.82, 2.24) is 0 Å². The van der Waals surface area contributed by atoms with Gasteiger partial charge >= 0.3 is 5.97 Å². The third kappa shape index (κ3) is 7.01. The Hall–Kier alpha value is -5.64. The van der Waals surface area contributed by atoms with Crippen LogP contribution in [0.2, 0.25) is 0 Å². The first-order valence-electron chi connectivity index (χ1n) is 19.2. The van der Waals surface area contributed by atoms with Crippen LogP contribution in [0, 0.1) is 20.8 Å². The molecule has 0 spiro atoms. The Kier molecular flexibility index (Phi) is 10.4. The van der Waals surface area contributed by atoms with Crippen molar-refractivity contribution >= 4 is 18.4 Å². The molecule has 0 bridgehead atoms. The molecule has 56 heavy (non-hydrogen) atoms. The highest BCUT2D eigenvalue weighted by Crippen LogP contribution is 2.72. The first-order chi connectivity index (χ1) is 26.8. The van der Waals surface area contributed by atoms with Crippen LogP contribution >= 0.6 is 7.14 Å². The lowest BCUT2D eigenvalue weighted by Crippen LogP contribution is -2.36. The van der Waals surface area contributed by atoms with Crippen molar-refractivity contribution in [2.24, 2.45) is 0 Å². The number of aryl methyl sites for hydroxylation is 3. The standard InChI is InChI=1S/C50H49O5P/c1-9-49(7,8)55-43-28-22-40(23-29-43)50(39-20-26-42(27-21-39)54-48(51)33(2)3,38-18-24-41(25-19-38)53-47-35(5)30-34(4)31-36(47)6)56(52)32-37-14-10-11-15-44(37)45-16-12-13-17-46(45)56/h10-31H,2,9,32H2,1,3-8H3. The van der Waals surface area contributed by atoms with Crippen LogP contribution in [0.1, 0.15) is 73.1 Å². The van der Waals surface area contributed by atoms with Gasteiger partial charge in [-0.05, 0) is 129 Å². The second kappa shape index (κ2) is 15.1. The molecule has 6 heteroatoms. The van der Waals surface area contributed by atoms with Crippen LogP contribution in [0.3, 0.4) is 0 Å². The van der Waals surface area contributed by atoms with E-state index in [2.05, 4.69) is 103 Å². The molecule has 0 N–H and O–H groups in total. The van der Waals surface area contributed by atoms with Gasteiger partial charge in [0.2, 0.25) is 0 Å². The number of rotatable bonds is 11. The van der Waals surface area contributed by atoms with E-state index in [0.29, 0.717) is 23.2 Å². The van der Waals surface area contributed by atoms with Gasteiger partial charge in [0.05, 0.1) is 0 Å². The van der Waals surface area contributed by atoms with E-state index in [9.17, 15) is 4.79 Å². The Balaban J connectivity index is 1.50. The van der Waals surface area contributed by atoms with Gasteiger partial charge < -0.3 is 18.8 Å². The Bertz CT molecular complexity index is 2450. The zero-order valence-electron chi connectivity index (χ0n) is 33.3. The normalized spacial score (nSPS) is 15.8. The molecule has 1 aliphatic heterocycles. The molecule has 7 rings (SSSR count). The zero-order valence-corrected chi connectivity index (χ0v) is 34.2. The Morgan fingerprint density at radius 2 is 1.20 bits per heavy atom. The highest BCUT2D eigenvalue weighted by Gasteiger charge is 2.55. The average molecular weight is 761 g/mol. The van der Waals surface area contributed by atoms with E-state index in [-0.39, 0.29) is 5.60 Å². The molecule has 0 amide bonds. The lowest BCUT2D eigenvalue weighted by atomic mass is 9.83. The van der Waals surface area contributed by atoms with E-state index in [1.54, 1.807) is 19.1 Å². The van der Waals surface area contributed by atoms with E-state index >= 15 is 4.57 Å². The van der Waals surface area contributed by atoms with Crippen molar-refractivity contribution < 1.29 is 23.6 Å². The number of hydrogen-bond donors (Lipinski definition) is 0. The third-order valence-corrected chi connectivity index (χ3v) is 14.8. The zero-order chi connectivity index (χ0) is 39.8. The minimum Gasteiger partial charge on any atom is -0.488 e. The van der Waals surface area contributed by atoms with Crippen LogP contribution < -0.4 is 19.5 Å². The summed E-state index contributed by atoms with van der Waals surface area (Å²) in [5, 5.41) is -0.393. The van der Waals surface area contributed by atoms with Gasteiger partial charge in [-0.25, -0.2) is 4.79 Å². The molecular weight excluding hydrogens is 712 g/mol. The molecule has 0 radical (unpaired) electrons. The molecule has 0 saturated carbocycles. The fourth-order valence-electron chi connectivity index (χ4n) is 8.01. The molecule has 0 fully saturated rings. The van der Waals surface area contributed by atoms with Crippen molar-refractivity contribution in [3.05, 3.63) is 185 Å². The lowest BCUT2D eigenvalue weighted by Gasteiger charge is -2.45. The largest absolute Gasteiger partial charge is 0.488 e. The van der Waals surface area contributed by atoms with Gasteiger partial charge in [-0.15, -0.1) is 0 Å². The Morgan fingerprint density at radius 3 is 1.75 bits per heavy atom. The van der Waals surface area contributed by atoms with Crippen LogP contribution in [0.25, 0.3) is 11.1 Å². The fourth-order valence-corrected chi connectivity index (χ4v) is 12.1. The lowest BCUT2D eigenvalue weighted by molar-refractivity contribution is -0.130. The smallest absolute Gasteiger partial charge is 0.338 e. The second-order valence-corrected chi connectivity index (χ2v) is 18.5. The van der Waals surface area contributed by atoms with E-state index in [1.165, 1.54) is 5.56 Å². The van der Waals surface area contributed by atoms with Crippen LogP contribution in [-0.4, -0.2) is 11.6 Å². The fraction of sp³-hybridized carbons (Fsp3) is 0.220. The molecule has 0 aromatic heterocycles. The number of carbonyl (C=O) groups excluding carboxylic acids is 1. The summed E-state index contributed by atoms with van der Waals surface area (Å²) in [6.45, 7) is 17.8. The van der Waals surface area contributed by atoms with Crippen molar-refractivity contribution in [2.75, 3.05) is 0 Å². The van der Waals surface area contributed by atoms with E-state index < -0.39 is 18.3 Å². The maximum absolute atomic E-state index is 17.1. The molecule has 6 aromatic carbocycles. The molecule has 5 nitrogen and oxygen atoms in total. The maximum Gasteiger partial charge on any atom is 0.338 e. The SMILES string of the molecule is C=C(C)C(=O)Oc1ccc(C(c2ccc(Oc3c(C)cc(C)cc3C)cc2)(c2ccc(OC(C)(C)CC)cc2)P2(=O)Cc3ccccc3-c3ccccc32)cc1. The summed E-state index contributed by atoms with van der Waals surface area (Å²) in [6.07, 6.45) is 1.16. The average Bonchev–Trinajstić information content (AvgIpc) is 3.18. The van der Waals surface area contributed by atoms with Crippen molar-refractivity contribution in [1.29, 1.82) is 0 Å². The summed E-state index contributed by atoms with van der Waals surface area (Å²) in [6, 6.07) is 44.2. The van der Waals surface area contributed by atoms with E-state index in [0.717, 1.165) is 67.7 Å². The van der Waals surface area contributed by atoms with E-state index in [4.69, 9.17) is 14.2 Å². The highest BCUT2D eigenvalue weighted by atomic mass is 31.2. The number of benzene rings is 6. The van der Waals surface area contributed by atoms with Crippen LogP contribution in [0.4, 0.5) is 0 Å². The molecule has 2 unspecified atom stereocenters. The van der Waals surface area contributed by atoms with Crippen molar-refractivity contribution in [3.8, 4) is 34.1 Å². The molecule has 0 saturated heterocycles. The number of hydrogen-bond acceptors (Lipinski definition) is 5.